The number of allylic oxidation sites excluding steroid dienone is 4. The average Bonchev–Trinajstić information content (AvgIpc) is 3.04. The smallest absolute Gasteiger partial charge is 0.0671 e. The molecule has 1 aromatic heterocycles. The van der Waals surface area contributed by atoms with Gasteiger partial charge in [-0.05, 0) is 35.1 Å². The lowest BCUT2D eigenvalue weighted by Gasteiger charge is -2.41. The summed E-state index contributed by atoms with van der Waals surface area (Å²) in [4.78, 5) is 4.95. The molecule has 26 heavy (non-hydrogen) atoms. The minimum Gasteiger partial charge on any atom is -0.356 e. The first kappa shape index (κ1) is 15.4. The van der Waals surface area contributed by atoms with Crippen LogP contribution in [0, 0.1) is 5.92 Å². The van der Waals surface area contributed by atoms with Crippen LogP contribution in [0.4, 0.5) is 5.69 Å². The highest BCUT2D eigenvalue weighted by molar-refractivity contribution is 6.03. The standard InChI is InChI=1S/C24H22N2/c1-24(14-17-8-7-9-18-15-26(2)16-19(17)18)20-10-3-5-12-22(20)25-23-13-6-4-11-21(23)24/h3-13,15-16,20H,14H2,1-2H3. The number of aryl methyl sites for hydroxylation is 1. The lowest BCUT2D eigenvalue weighted by atomic mass is 9.63. The van der Waals surface area contributed by atoms with Crippen LogP contribution in [0.15, 0.2) is 84.2 Å². The predicted molar refractivity (Wildman–Crippen MR) is 109 cm³/mol. The third kappa shape index (κ3) is 2.22. The Balaban J connectivity index is 1.69. The van der Waals surface area contributed by atoms with Crippen LogP contribution < -0.4 is 0 Å². The van der Waals surface area contributed by atoms with Gasteiger partial charge >= 0.3 is 0 Å². The second kappa shape index (κ2) is 5.57. The highest BCUT2D eigenvalue weighted by Gasteiger charge is 2.41. The van der Waals surface area contributed by atoms with Gasteiger partial charge in [-0.1, -0.05) is 61.5 Å². The maximum atomic E-state index is 4.95. The van der Waals surface area contributed by atoms with E-state index in [9.17, 15) is 0 Å². The molecule has 0 N–H and O–H groups in total. The van der Waals surface area contributed by atoms with Gasteiger partial charge < -0.3 is 4.57 Å². The van der Waals surface area contributed by atoms with Crippen LogP contribution in [-0.2, 0) is 18.9 Å². The van der Waals surface area contributed by atoms with Gasteiger partial charge in [-0.15, -0.1) is 0 Å². The van der Waals surface area contributed by atoms with Gasteiger partial charge in [0.2, 0.25) is 0 Å². The maximum absolute atomic E-state index is 4.95. The summed E-state index contributed by atoms with van der Waals surface area (Å²) in [6.45, 7) is 2.40. The summed E-state index contributed by atoms with van der Waals surface area (Å²) in [6.07, 6.45) is 14.2. The summed E-state index contributed by atoms with van der Waals surface area (Å²) in [5.74, 6) is 0.307. The van der Waals surface area contributed by atoms with E-state index in [4.69, 9.17) is 4.99 Å². The third-order valence-electron chi connectivity index (χ3n) is 5.92. The lowest BCUT2D eigenvalue weighted by molar-refractivity contribution is 0.413. The normalized spacial score (nSPS) is 23.6. The quantitative estimate of drug-likeness (QED) is 0.586. The zero-order chi connectivity index (χ0) is 17.7. The Morgan fingerprint density at radius 1 is 1.04 bits per heavy atom. The first-order valence-electron chi connectivity index (χ1n) is 9.22. The number of rotatable bonds is 2. The molecule has 2 nitrogen and oxygen atoms in total. The van der Waals surface area contributed by atoms with Gasteiger partial charge in [0, 0.05) is 41.9 Å². The molecule has 2 heteroatoms. The number of fused-ring (bicyclic) bond motifs is 3. The second-order valence-corrected chi connectivity index (χ2v) is 7.71. The number of nitrogens with zero attached hydrogens (tertiary/aromatic N) is 2. The van der Waals surface area contributed by atoms with E-state index >= 15 is 0 Å². The molecule has 0 spiro atoms. The largest absolute Gasteiger partial charge is 0.356 e. The maximum Gasteiger partial charge on any atom is 0.0671 e. The molecule has 0 saturated heterocycles. The van der Waals surface area contributed by atoms with E-state index in [0.29, 0.717) is 5.92 Å². The molecule has 2 unspecified atom stereocenters. The molecule has 0 fully saturated rings. The average molecular weight is 338 g/mol. The van der Waals surface area contributed by atoms with Crippen molar-refractivity contribution in [1.82, 2.24) is 4.57 Å². The number of para-hydroxylation sites is 1. The molecule has 0 amide bonds. The van der Waals surface area contributed by atoms with Crippen molar-refractivity contribution < 1.29 is 0 Å². The van der Waals surface area contributed by atoms with Gasteiger partial charge in [-0.2, -0.15) is 0 Å². The first-order valence-corrected chi connectivity index (χ1v) is 9.22. The van der Waals surface area contributed by atoms with Crippen LogP contribution in [0.25, 0.3) is 10.8 Å². The van der Waals surface area contributed by atoms with E-state index < -0.39 is 0 Å². The SMILES string of the molecule is Cn1cc2cccc(CC3(C)c4ccccc4N=C4C=CC=CC43)c2c1. The van der Waals surface area contributed by atoms with Crippen LogP contribution in [0.2, 0.25) is 0 Å². The first-order chi connectivity index (χ1) is 12.6. The number of aliphatic imine (C=N–C) groups is 1. The van der Waals surface area contributed by atoms with Gasteiger partial charge in [-0.3, -0.25) is 4.99 Å². The Morgan fingerprint density at radius 2 is 1.92 bits per heavy atom. The molecule has 5 rings (SSSR count). The van der Waals surface area contributed by atoms with E-state index in [1.807, 2.05) is 0 Å². The Hall–Kier alpha value is -2.87. The molecule has 0 bridgehead atoms. The molecule has 2 aromatic carbocycles. The van der Waals surface area contributed by atoms with Crippen LogP contribution in [-0.4, -0.2) is 10.3 Å². The van der Waals surface area contributed by atoms with E-state index in [1.54, 1.807) is 0 Å². The fraction of sp³-hybridized carbons (Fsp3) is 0.208. The highest BCUT2D eigenvalue weighted by Crippen LogP contribution is 2.47. The molecule has 2 aliphatic rings. The van der Waals surface area contributed by atoms with E-state index in [0.717, 1.165) is 12.1 Å². The third-order valence-corrected chi connectivity index (χ3v) is 5.92. The molecular weight excluding hydrogens is 316 g/mol. The van der Waals surface area contributed by atoms with Crippen molar-refractivity contribution >= 4 is 22.2 Å². The molecule has 1 aliphatic carbocycles. The number of aromatic nitrogens is 1. The Kier molecular flexibility index (Phi) is 3.30. The summed E-state index contributed by atoms with van der Waals surface area (Å²) in [7, 11) is 2.10. The molecule has 0 saturated carbocycles. The van der Waals surface area contributed by atoms with Gasteiger partial charge in [0.15, 0.2) is 0 Å². The molecule has 128 valence electrons. The van der Waals surface area contributed by atoms with E-state index in [-0.39, 0.29) is 5.41 Å². The Morgan fingerprint density at radius 3 is 2.85 bits per heavy atom. The monoisotopic (exact) mass is 338 g/mol. The Bertz CT molecular complexity index is 1100. The van der Waals surface area contributed by atoms with Crippen molar-refractivity contribution in [3.8, 4) is 0 Å². The van der Waals surface area contributed by atoms with Crippen molar-refractivity contribution in [2.45, 2.75) is 18.8 Å². The molecule has 3 aromatic rings. The predicted octanol–water partition coefficient (Wildman–Crippen LogP) is 5.51. The summed E-state index contributed by atoms with van der Waals surface area (Å²) in [6, 6.07) is 15.3. The summed E-state index contributed by atoms with van der Waals surface area (Å²) >= 11 is 0. The molecule has 2 heterocycles. The van der Waals surface area contributed by atoms with Crippen LogP contribution >= 0.6 is 0 Å². The topological polar surface area (TPSA) is 17.3 Å². The van der Waals surface area contributed by atoms with Crippen molar-refractivity contribution in [3.63, 3.8) is 0 Å². The summed E-state index contributed by atoms with van der Waals surface area (Å²) in [5.41, 5.74) is 5.03. The zero-order valence-electron chi connectivity index (χ0n) is 15.2. The van der Waals surface area contributed by atoms with Crippen LogP contribution in [0.5, 0.6) is 0 Å². The minimum absolute atomic E-state index is 0.0148. The zero-order valence-corrected chi connectivity index (χ0v) is 15.2. The van der Waals surface area contributed by atoms with Crippen molar-refractivity contribution in [1.29, 1.82) is 0 Å². The van der Waals surface area contributed by atoms with E-state index in [2.05, 4.69) is 97.7 Å². The number of hydrogen-bond acceptors (Lipinski definition) is 1. The molecule has 0 radical (unpaired) electrons. The van der Waals surface area contributed by atoms with Gasteiger partial charge in [0.05, 0.1) is 5.69 Å². The van der Waals surface area contributed by atoms with Crippen molar-refractivity contribution in [2.75, 3.05) is 0 Å². The van der Waals surface area contributed by atoms with Gasteiger partial charge in [0.25, 0.3) is 0 Å². The molecular formula is C24H22N2. The number of benzene rings is 2. The second-order valence-electron chi connectivity index (χ2n) is 7.71. The molecule has 1 aliphatic heterocycles. The summed E-state index contributed by atoms with van der Waals surface area (Å²) in [5, 5.41) is 2.67. The lowest BCUT2D eigenvalue weighted by Crippen LogP contribution is -2.40. The van der Waals surface area contributed by atoms with Crippen molar-refractivity contribution in [2.24, 2.45) is 18.0 Å². The fourth-order valence-electron chi connectivity index (χ4n) is 4.66. The molecule has 2 atom stereocenters. The van der Waals surface area contributed by atoms with Crippen LogP contribution in [0.3, 0.4) is 0 Å². The minimum atomic E-state index is -0.0148. The Labute approximate surface area is 154 Å². The van der Waals surface area contributed by atoms with Gasteiger partial charge in [0.1, 0.15) is 0 Å². The van der Waals surface area contributed by atoms with Gasteiger partial charge in [-0.25, -0.2) is 0 Å². The van der Waals surface area contributed by atoms with Crippen LogP contribution in [0.1, 0.15) is 18.1 Å². The van der Waals surface area contributed by atoms with Crippen molar-refractivity contribution in [3.05, 3.63) is 90.3 Å². The van der Waals surface area contributed by atoms with E-state index in [1.165, 1.54) is 27.6 Å². The number of hydrogen-bond donors (Lipinski definition) is 0. The summed E-state index contributed by atoms with van der Waals surface area (Å²) < 4.78 is 2.15. The highest BCUT2D eigenvalue weighted by atomic mass is 14.9. The fourth-order valence-corrected chi connectivity index (χ4v) is 4.66.